The molecule has 5 heteroatoms. The molecule has 0 bridgehead atoms. The van der Waals surface area contributed by atoms with Crippen molar-refractivity contribution in [2.45, 2.75) is 6.54 Å². The van der Waals surface area contributed by atoms with Gasteiger partial charge in [0.15, 0.2) is 0 Å². The number of rotatable bonds is 7. The van der Waals surface area contributed by atoms with E-state index in [1.807, 2.05) is 38.5 Å². The molecule has 0 fully saturated rings. The van der Waals surface area contributed by atoms with Crippen LogP contribution in [-0.2, 0) is 6.54 Å². The van der Waals surface area contributed by atoms with Gasteiger partial charge in [0.05, 0.1) is 0 Å². The fourth-order valence-corrected chi connectivity index (χ4v) is 2.19. The van der Waals surface area contributed by atoms with Crippen molar-refractivity contribution in [2.24, 2.45) is 0 Å². The van der Waals surface area contributed by atoms with Crippen LogP contribution in [0.15, 0.2) is 48.7 Å². The highest BCUT2D eigenvalue weighted by Crippen LogP contribution is 2.21. The summed E-state index contributed by atoms with van der Waals surface area (Å²) in [5.74, 6) is 0.961. The molecule has 0 saturated carbocycles. The van der Waals surface area contributed by atoms with Crippen LogP contribution in [0.5, 0.6) is 0 Å². The Labute approximate surface area is 139 Å². The first kappa shape index (κ1) is 18.4. The van der Waals surface area contributed by atoms with E-state index in [0.717, 1.165) is 31.1 Å². The molecular weight excluding hydrogens is 296 g/mol. The van der Waals surface area contributed by atoms with E-state index < -0.39 is 0 Å². The molecule has 0 radical (unpaired) electrons. The molecule has 0 aliphatic carbocycles. The Morgan fingerprint density at radius 1 is 1.05 bits per heavy atom. The second-order valence-corrected chi connectivity index (χ2v) is 5.26. The van der Waals surface area contributed by atoms with Gasteiger partial charge in [-0.1, -0.05) is 24.3 Å². The van der Waals surface area contributed by atoms with Crippen molar-refractivity contribution in [3.8, 4) is 0 Å². The first-order valence-corrected chi connectivity index (χ1v) is 7.27. The lowest BCUT2D eigenvalue weighted by Crippen LogP contribution is -2.27. The summed E-state index contributed by atoms with van der Waals surface area (Å²) in [6.07, 6.45) is 1.96. The minimum absolute atomic E-state index is 0. The molecule has 0 atom stereocenters. The van der Waals surface area contributed by atoms with Crippen molar-refractivity contribution in [2.75, 3.05) is 39.1 Å². The largest absolute Gasteiger partial charge is 0.329 e. The Morgan fingerprint density at radius 3 is 2.36 bits per heavy atom. The molecule has 2 rings (SSSR count). The fraction of sp³-hybridized carbons (Fsp3) is 0.353. The van der Waals surface area contributed by atoms with Crippen molar-refractivity contribution in [3.63, 3.8) is 0 Å². The maximum Gasteiger partial charge on any atom is 0.132 e. The van der Waals surface area contributed by atoms with Crippen LogP contribution in [0.25, 0.3) is 0 Å². The van der Waals surface area contributed by atoms with Crippen molar-refractivity contribution in [1.82, 2.24) is 15.2 Å². The highest BCUT2D eigenvalue weighted by molar-refractivity contribution is 5.85. The summed E-state index contributed by atoms with van der Waals surface area (Å²) >= 11 is 0. The number of halogens is 1. The van der Waals surface area contributed by atoms with Crippen molar-refractivity contribution < 1.29 is 0 Å². The Kier molecular flexibility index (Phi) is 7.88. The number of pyridine rings is 1. The number of nitrogens with one attached hydrogen (secondary N) is 1. The van der Waals surface area contributed by atoms with Gasteiger partial charge in [-0.3, -0.25) is 0 Å². The maximum absolute atomic E-state index is 4.57. The molecule has 0 amide bonds. The van der Waals surface area contributed by atoms with E-state index in [1.54, 1.807) is 0 Å². The molecule has 1 aromatic carbocycles. The van der Waals surface area contributed by atoms with Gasteiger partial charge in [0.25, 0.3) is 0 Å². The van der Waals surface area contributed by atoms with E-state index in [1.165, 1.54) is 5.56 Å². The van der Waals surface area contributed by atoms with Gasteiger partial charge < -0.3 is 15.1 Å². The third-order valence-electron chi connectivity index (χ3n) is 3.49. The predicted octanol–water partition coefficient (Wildman–Crippen LogP) is 2.92. The zero-order valence-corrected chi connectivity index (χ0v) is 14.3. The molecule has 0 aliphatic rings. The summed E-state index contributed by atoms with van der Waals surface area (Å²) in [5.41, 5.74) is 2.38. The number of benzene rings is 1. The molecule has 1 N–H and O–H groups in total. The van der Waals surface area contributed by atoms with Crippen LogP contribution in [0, 0.1) is 0 Å². The Bertz CT molecular complexity index is 530. The molecular formula is C17H25ClN4. The molecule has 4 nitrogen and oxygen atoms in total. The SMILES string of the molecule is CNCCN(C)Cc1ccc(N(C)c2ccccc2)nc1.Cl. The Balaban J connectivity index is 0.00000242. The first-order valence-electron chi connectivity index (χ1n) is 7.27. The van der Waals surface area contributed by atoms with Gasteiger partial charge >= 0.3 is 0 Å². The molecule has 1 heterocycles. The van der Waals surface area contributed by atoms with Gasteiger partial charge in [-0.05, 0) is 37.9 Å². The fourth-order valence-electron chi connectivity index (χ4n) is 2.19. The standard InChI is InChI=1S/C17H24N4.ClH/c1-18-11-12-20(2)14-15-9-10-17(19-13-15)21(3)16-7-5-4-6-8-16;/h4-10,13,18H,11-12,14H2,1-3H3;1H. The minimum atomic E-state index is 0. The molecule has 1 aromatic heterocycles. The van der Waals surface area contributed by atoms with E-state index in [2.05, 4.69) is 51.4 Å². The summed E-state index contributed by atoms with van der Waals surface area (Å²) in [7, 11) is 6.14. The summed E-state index contributed by atoms with van der Waals surface area (Å²) in [5, 5.41) is 3.16. The van der Waals surface area contributed by atoms with Crippen LogP contribution in [0.1, 0.15) is 5.56 Å². The van der Waals surface area contributed by atoms with E-state index in [-0.39, 0.29) is 12.4 Å². The number of aromatic nitrogens is 1. The van der Waals surface area contributed by atoms with Crippen molar-refractivity contribution >= 4 is 23.9 Å². The Hall–Kier alpha value is -1.62. The van der Waals surface area contributed by atoms with E-state index in [0.29, 0.717) is 0 Å². The van der Waals surface area contributed by atoms with Gasteiger partial charge in [-0.15, -0.1) is 12.4 Å². The molecule has 0 aliphatic heterocycles. The number of likely N-dealkylation sites (N-methyl/N-ethyl adjacent to an activating group) is 2. The second-order valence-electron chi connectivity index (χ2n) is 5.26. The quantitative estimate of drug-likeness (QED) is 0.850. The monoisotopic (exact) mass is 320 g/mol. The molecule has 0 spiro atoms. The van der Waals surface area contributed by atoms with Crippen molar-refractivity contribution in [3.05, 3.63) is 54.2 Å². The molecule has 120 valence electrons. The minimum Gasteiger partial charge on any atom is -0.329 e. The average molecular weight is 321 g/mol. The van der Waals surface area contributed by atoms with E-state index in [4.69, 9.17) is 0 Å². The van der Waals surface area contributed by atoms with Gasteiger partial charge in [-0.25, -0.2) is 4.98 Å². The number of hydrogen-bond donors (Lipinski definition) is 1. The zero-order chi connectivity index (χ0) is 15.1. The van der Waals surface area contributed by atoms with Crippen LogP contribution < -0.4 is 10.2 Å². The van der Waals surface area contributed by atoms with Crippen LogP contribution in [0.4, 0.5) is 11.5 Å². The molecule has 0 unspecified atom stereocenters. The predicted molar refractivity (Wildman–Crippen MR) is 96.3 cm³/mol. The number of nitrogens with zero attached hydrogens (tertiary/aromatic N) is 3. The topological polar surface area (TPSA) is 31.4 Å². The Morgan fingerprint density at radius 2 is 1.77 bits per heavy atom. The summed E-state index contributed by atoms with van der Waals surface area (Å²) in [6.45, 7) is 2.95. The number of para-hydroxylation sites is 1. The van der Waals surface area contributed by atoms with Gasteiger partial charge in [0, 0.05) is 38.6 Å². The lowest BCUT2D eigenvalue weighted by molar-refractivity contribution is 0.328. The van der Waals surface area contributed by atoms with Gasteiger partial charge in [-0.2, -0.15) is 0 Å². The van der Waals surface area contributed by atoms with E-state index >= 15 is 0 Å². The number of anilines is 2. The van der Waals surface area contributed by atoms with Crippen LogP contribution >= 0.6 is 12.4 Å². The molecule has 22 heavy (non-hydrogen) atoms. The smallest absolute Gasteiger partial charge is 0.132 e. The third-order valence-corrected chi connectivity index (χ3v) is 3.49. The summed E-state index contributed by atoms with van der Waals surface area (Å²) in [6, 6.07) is 14.5. The van der Waals surface area contributed by atoms with Crippen LogP contribution in [-0.4, -0.2) is 44.1 Å². The van der Waals surface area contributed by atoms with Gasteiger partial charge in [0.2, 0.25) is 0 Å². The summed E-state index contributed by atoms with van der Waals surface area (Å²) in [4.78, 5) is 8.95. The second kappa shape index (κ2) is 9.41. The molecule has 0 saturated heterocycles. The van der Waals surface area contributed by atoms with Crippen LogP contribution in [0.2, 0.25) is 0 Å². The van der Waals surface area contributed by atoms with Gasteiger partial charge in [0.1, 0.15) is 5.82 Å². The molecule has 2 aromatic rings. The number of hydrogen-bond acceptors (Lipinski definition) is 4. The normalized spacial score (nSPS) is 10.4. The lowest BCUT2D eigenvalue weighted by atomic mass is 10.2. The van der Waals surface area contributed by atoms with E-state index in [9.17, 15) is 0 Å². The lowest BCUT2D eigenvalue weighted by Gasteiger charge is -2.19. The maximum atomic E-state index is 4.57. The van der Waals surface area contributed by atoms with Crippen LogP contribution in [0.3, 0.4) is 0 Å². The average Bonchev–Trinajstić information content (AvgIpc) is 2.54. The van der Waals surface area contributed by atoms with Crippen molar-refractivity contribution in [1.29, 1.82) is 0 Å². The summed E-state index contributed by atoms with van der Waals surface area (Å²) < 4.78 is 0. The first-order chi connectivity index (χ1) is 10.2. The third kappa shape index (κ3) is 5.30. The zero-order valence-electron chi connectivity index (χ0n) is 13.5. The highest BCUT2D eigenvalue weighted by Gasteiger charge is 2.05. The highest BCUT2D eigenvalue weighted by atomic mass is 35.5.